The third-order valence-corrected chi connectivity index (χ3v) is 3.29. The van der Waals surface area contributed by atoms with E-state index in [9.17, 15) is 9.18 Å². The van der Waals surface area contributed by atoms with Gasteiger partial charge >= 0.3 is 0 Å². The number of aromatic nitrogens is 2. The van der Waals surface area contributed by atoms with E-state index < -0.39 is 6.04 Å². The summed E-state index contributed by atoms with van der Waals surface area (Å²) in [5.74, 6) is 0.0909. The molecule has 0 bridgehead atoms. The van der Waals surface area contributed by atoms with Gasteiger partial charge in [0.15, 0.2) is 0 Å². The zero-order chi connectivity index (χ0) is 15.0. The zero-order valence-corrected chi connectivity index (χ0v) is 11.5. The Bertz CT molecular complexity index is 854. The van der Waals surface area contributed by atoms with Gasteiger partial charge in [0.1, 0.15) is 11.6 Å². The summed E-state index contributed by atoms with van der Waals surface area (Å²) in [5.41, 5.74) is 6.89. The number of nitrogens with two attached hydrogens (primary N) is 1. The number of hydrogen-bond acceptors (Lipinski definition) is 3. The van der Waals surface area contributed by atoms with Crippen molar-refractivity contribution in [2.75, 3.05) is 0 Å². The predicted molar refractivity (Wildman–Crippen MR) is 79.9 cm³/mol. The van der Waals surface area contributed by atoms with E-state index in [-0.39, 0.29) is 11.4 Å². The van der Waals surface area contributed by atoms with Gasteiger partial charge in [-0.05, 0) is 43.3 Å². The lowest BCUT2D eigenvalue weighted by Gasteiger charge is -2.15. The first-order valence-electron chi connectivity index (χ1n) is 6.61. The van der Waals surface area contributed by atoms with Crippen molar-refractivity contribution in [3.05, 3.63) is 70.5 Å². The van der Waals surface area contributed by atoms with E-state index in [4.69, 9.17) is 5.73 Å². The molecule has 0 aliphatic carbocycles. The molecule has 0 aliphatic rings. The topological polar surface area (TPSA) is 60.9 Å². The van der Waals surface area contributed by atoms with Crippen LogP contribution in [0.25, 0.3) is 16.6 Å². The lowest BCUT2D eigenvalue weighted by atomic mass is 10.2. The molecule has 4 nitrogen and oxygen atoms in total. The summed E-state index contributed by atoms with van der Waals surface area (Å²) in [5, 5.41) is 0.506. The lowest BCUT2D eigenvalue weighted by Crippen LogP contribution is -2.27. The van der Waals surface area contributed by atoms with Crippen LogP contribution >= 0.6 is 0 Å². The van der Waals surface area contributed by atoms with Crippen molar-refractivity contribution in [1.29, 1.82) is 0 Å². The van der Waals surface area contributed by atoms with Gasteiger partial charge in [-0.1, -0.05) is 12.1 Å². The summed E-state index contributed by atoms with van der Waals surface area (Å²) in [6, 6.07) is 12.4. The molecule has 0 unspecified atom stereocenters. The van der Waals surface area contributed by atoms with Gasteiger partial charge in [-0.25, -0.2) is 9.37 Å². The molecule has 0 amide bonds. The molecule has 1 aromatic heterocycles. The molecule has 0 radical (unpaired) electrons. The van der Waals surface area contributed by atoms with Gasteiger partial charge in [0.25, 0.3) is 5.56 Å². The molecule has 1 atom stereocenters. The summed E-state index contributed by atoms with van der Waals surface area (Å²) >= 11 is 0. The normalized spacial score (nSPS) is 12.5. The maximum absolute atomic E-state index is 13.1. The molecule has 3 aromatic rings. The second-order valence-electron chi connectivity index (χ2n) is 4.89. The first-order chi connectivity index (χ1) is 10.1. The third kappa shape index (κ3) is 2.32. The fourth-order valence-corrected chi connectivity index (χ4v) is 2.30. The van der Waals surface area contributed by atoms with E-state index >= 15 is 0 Å². The van der Waals surface area contributed by atoms with Gasteiger partial charge < -0.3 is 5.73 Å². The lowest BCUT2D eigenvalue weighted by molar-refractivity contribution is 0.626. The Hall–Kier alpha value is -2.53. The summed E-state index contributed by atoms with van der Waals surface area (Å²) in [6.07, 6.45) is 0. The molecule has 106 valence electrons. The number of halogens is 1. The van der Waals surface area contributed by atoms with E-state index in [0.29, 0.717) is 22.4 Å². The van der Waals surface area contributed by atoms with Crippen LogP contribution in [0, 0.1) is 5.82 Å². The molecular formula is C16H14FN3O. The van der Waals surface area contributed by atoms with Crippen LogP contribution < -0.4 is 11.3 Å². The summed E-state index contributed by atoms with van der Waals surface area (Å²) in [6.45, 7) is 1.76. The van der Waals surface area contributed by atoms with Gasteiger partial charge in [0.2, 0.25) is 0 Å². The molecule has 2 N–H and O–H groups in total. The van der Waals surface area contributed by atoms with Crippen molar-refractivity contribution >= 4 is 10.9 Å². The maximum Gasteiger partial charge on any atom is 0.266 e. The average Bonchev–Trinajstić information content (AvgIpc) is 2.48. The number of fused-ring (bicyclic) bond motifs is 1. The molecule has 3 rings (SSSR count). The highest BCUT2D eigenvalue weighted by atomic mass is 19.1. The van der Waals surface area contributed by atoms with Gasteiger partial charge in [-0.3, -0.25) is 9.36 Å². The van der Waals surface area contributed by atoms with Gasteiger partial charge in [-0.15, -0.1) is 0 Å². The Morgan fingerprint density at radius 3 is 2.48 bits per heavy atom. The first kappa shape index (κ1) is 13.5. The van der Waals surface area contributed by atoms with E-state index in [2.05, 4.69) is 4.98 Å². The van der Waals surface area contributed by atoms with Crippen LogP contribution in [0.5, 0.6) is 0 Å². The molecule has 0 spiro atoms. The van der Waals surface area contributed by atoms with Crippen molar-refractivity contribution in [3.8, 4) is 5.69 Å². The largest absolute Gasteiger partial charge is 0.322 e. The molecule has 5 heteroatoms. The van der Waals surface area contributed by atoms with E-state index in [1.165, 1.54) is 16.7 Å². The molecular weight excluding hydrogens is 269 g/mol. The predicted octanol–water partition coefficient (Wildman–Crippen LogP) is 2.54. The van der Waals surface area contributed by atoms with Crippen molar-refractivity contribution < 1.29 is 4.39 Å². The molecule has 0 saturated heterocycles. The fraction of sp³-hybridized carbons (Fsp3) is 0.125. The standard InChI is InChI=1S/C16H14FN3O/c1-10(18)15-19-14-5-3-2-4-13(14)16(21)20(15)12-8-6-11(17)7-9-12/h2-10H,18H2,1H3/t10-/m1/s1. The number of rotatable bonds is 2. The quantitative estimate of drug-likeness (QED) is 0.786. The third-order valence-electron chi connectivity index (χ3n) is 3.29. The van der Waals surface area contributed by atoms with E-state index in [1.807, 2.05) is 6.07 Å². The zero-order valence-electron chi connectivity index (χ0n) is 11.5. The highest BCUT2D eigenvalue weighted by Gasteiger charge is 2.15. The van der Waals surface area contributed by atoms with E-state index in [1.54, 1.807) is 37.3 Å². The molecule has 0 fully saturated rings. The molecule has 2 aromatic carbocycles. The maximum atomic E-state index is 13.1. The van der Waals surface area contributed by atoms with Crippen LogP contribution in [0.4, 0.5) is 4.39 Å². The Balaban J connectivity index is 2.39. The molecule has 1 heterocycles. The Morgan fingerprint density at radius 2 is 1.81 bits per heavy atom. The smallest absolute Gasteiger partial charge is 0.266 e. The van der Waals surface area contributed by atoms with Crippen LogP contribution in [0.2, 0.25) is 0 Å². The molecule has 0 saturated carbocycles. The highest BCUT2D eigenvalue weighted by molar-refractivity contribution is 5.77. The number of para-hydroxylation sites is 1. The summed E-state index contributed by atoms with van der Waals surface area (Å²) in [7, 11) is 0. The van der Waals surface area contributed by atoms with Crippen LogP contribution in [0.3, 0.4) is 0 Å². The van der Waals surface area contributed by atoms with E-state index in [0.717, 1.165) is 0 Å². The molecule has 21 heavy (non-hydrogen) atoms. The minimum atomic E-state index is -0.424. The first-order valence-corrected chi connectivity index (χ1v) is 6.61. The van der Waals surface area contributed by atoms with Crippen molar-refractivity contribution in [3.63, 3.8) is 0 Å². The van der Waals surface area contributed by atoms with Crippen molar-refractivity contribution in [2.24, 2.45) is 5.73 Å². The van der Waals surface area contributed by atoms with Gasteiger partial charge in [0, 0.05) is 0 Å². The Morgan fingerprint density at radius 1 is 1.14 bits per heavy atom. The molecule has 0 aliphatic heterocycles. The minimum Gasteiger partial charge on any atom is -0.322 e. The fourth-order valence-electron chi connectivity index (χ4n) is 2.30. The summed E-state index contributed by atoms with van der Waals surface area (Å²) < 4.78 is 14.5. The monoisotopic (exact) mass is 283 g/mol. The van der Waals surface area contributed by atoms with Crippen LogP contribution in [0.15, 0.2) is 53.3 Å². The Kier molecular flexibility index (Phi) is 3.27. The SMILES string of the molecule is C[C@@H](N)c1nc2ccccc2c(=O)n1-c1ccc(F)cc1. The van der Waals surface area contributed by atoms with Crippen molar-refractivity contribution in [1.82, 2.24) is 9.55 Å². The number of hydrogen-bond donors (Lipinski definition) is 1. The van der Waals surface area contributed by atoms with Gasteiger partial charge in [0.05, 0.1) is 22.6 Å². The second kappa shape index (κ2) is 5.10. The average molecular weight is 283 g/mol. The van der Waals surface area contributed by atoms with Gasteiger partial charge in [-0.2, -0.15) is 0 Å². The van der Waals surface area contributed by atoms with Crippen molar-refractivity contribution in [2.45, 2.75) is 13.0 Å². The number of benzene rings is 2. The van der Waals surface area contributed by atoms with Crippen LogP contribution in [-0.2, 0) is 0 Å². The number of nitrogens with zero attached hydrogens (tertiary/aromatic N) is 2. The van der Waals surface area contributed by atoms with Crippen LogP contribution in [0.1, 0.15) is 18.8 Å². The highest BCUT2D eigenvalue weighted by Crippen LogP contribution is 2.16. The summed E-state index contributed by atoms with van der Waals surface area (Å²) in [4.78, 5) is 17.2. The van der Waals surface area contributed by atoms with Crippen LogP contribution in [-0.4, -0.2) is 9.55 Å². The second-order valence-corrected chi connectivity index (χ2v) is 4.89. The Labute approximate surface area is 120 Å². The minimum absolute atomic E-state index is 0.209.